The van der Waals surface area contributed by atoms with Gasteiger partial charge < -0.3 is 4.74 Å². The minimum atomic E-state index is -4.18. The van der Waals surface area contributed by atoms with Crippen LogP contribution >= 0.6 is 23.2 Å². The molecule has 104 valence electrons. The number of benzene rings is 1. The number of carbonyl (C=O) groups is 2. The van der Waals surface area contributed by atoms with Crippen LogP contribution in [0.4, 0.5) is 8.78 Å². The monoisotopic (exact) mass is 310 g/mol. The van der Waals surface area contributed by atoms with Crippen molar-refractivity contribution in [2.45, 2.75) is 19.3 Å². The first-order valence-corrected chi connectivity index (χ1v) is 6.07. The lowest BCUT2D eigenvalue weighted by Gasteiger charge is -2.13. The van der Waals surface area contributed by atoms with Crippen LogP contribution in [0.2, 0.25) is 10.0 Å². The molecular weight excluding hydrogens is 301 g/mol. The van der Waals surface area contributed by atoms with Crippen molar-refractivity contribution in [3.63, 3.8) is 0 Å². The highest BCUT2D eigenvalue weighted by Gasteiger charge is 2.48. The largest absolute Gasteiger partial charge is 0.461 e. The molecule has 0 bridgehead atoms. The predicted molar refractivity (Wildman–Crippen MR) is 66.8 cm³/mol. The molecule has 0 spiro atoms. The predicted octanol–water partition coefficient (Wildman–Crippen LogP) is 3.30. The van der Waals surface area contributed by atoms with Crippen LogP contribution in [0, 0.1) is 0 Å². The summed E-state index contributed by atoms with van der Waals surface area (Å²) in [6.45, 7) is 1.14. The summed E-state index contributed by atoms with van der Waals surface area (Å²) in [5, 5.41) is 0.402. The zero-order valence-electron chi connectivity index (χ0n) is 9.88. The molecule has 0 fully saturated rings. The number of ether oxygens (including phenoxy) is 1. The molecule has 0 radical (unpaired) electrons. The molecule has 0 saturated carbocycles. The van der Waals surface area contributed by atoms with Crippen LogP contribution in [0.3, 0.4) is 0 Å². The highest BCUT2D eigenvalue weighted by atomic mass is 35.5. The number of Topliss-reactive ketones (excluding diaryl/α,β-unsaturated/α-hetero) is 1. The van der Waals surface area contributed by atoms with Gasteiger partial charge in [-0.1, -0.05) is 29.3 Å². The van der Waals surface area contributed by atoms with Gasteiger partial charge in [0, 0.05) is 16.5 Å². The molecule has 0 amide bonds. The molecule has 0 aromatic heterocycles. The Morgan fingerprint density at radius 2 is 1.95 bits per heavy atom. The maximum Gasteiger partial charge on any atom is 0.400 e. The van der Waals surface area contributed by atoms with Crippen molar-refractivity contribution in [1.82, 2.24) is 0 Å². The van der Waals surface area contributed by atoms with E-state index in [2.05, 4.69) is 4.74 Å². The molecule has 0 aliphatic rings. The Bertz CT molecular complexity index is 504. The van der Waals surface area contributed by atoms with Crippen molar-refractivity contribution in [2.24, 2.45) is 0 Å². The molecule has 0 heterocycles. The summed E-state index contributed by atoms with van der Waals surface area (Å²) in [5.74, 6) is -7.61. The van der Waals surface area contributed by atoms with Crippen LogP contribution in [-0.2, 0) is 20.7 Å². The molecule has 1 rings (SSSR count). The summed E-state index contributed by atoms with van der Waals surface area (Å²) in [5.41, 5.74) is 0.167. The fourth-order valence-corrected chi connectivity index (χ4v) is 1.76. The Kier molecular flexibility index (Phi) is 5.26. The number of carbonyl (C=O) groups excluding carboxylic acids is 2. The van der Waals surface area contributed by atoms with Crippen molar-refractivity contribution in [3.8, 4) is 0 Å². The Labute approximate surface area is 118 Å². The Hall–Kier alpha value is -1.20. The number of alkyl halides is 2. The average molecular weight is 311 g/mol. The lowest BCUT2D eigenvalue weighted by atomic mass is 10.0. The number of ketones is 1. The van der Waals surface area contributed by atoms with Gasteiger partial charge in [-0.25, -0.2) is 4.79 Å². The molecule has 0 aliphatic heterocycles. The normalized spacial score (nSPS) is 11.2. The third kappa shape index (κ3) is 3.88. The summed E-state index contributed by atoms with van der Waals surface area (Å²) < 4.78 is 31.0. The summed E-state index contributed by atoms with van der Waals surface area (Å²) in [6, 6.07) is 4.09. The third-order valence-corrected chi connectivity index (χ3v) is 2.84. The molecule has 0 unspecified atom stereocenters. The fourth-order valence-electron chi connectivity index (χ4n) is 1.28. The average Bonchev–Trinajstić information content (AvgIpc) is 2.32. The first kappa shape index (κ1) is 15.9. The van der Waals surface area contributed by atoms with E-state index in [-0.39, 0.29) is 17.2 Å². The third-order valence-electron chi connectivity index (χ3n) is 2.25. The van der Waals surface area contributed by atoms with Gasteiger partial charge in [-0.15, -0.1) is 0 Å². The first-order chi connectivity index (χ1) is 8.78. The molecular formula is C12H10Cl2F2O3. The van der Waals surface area contributed by atoms with E-state index >= 15 is 0 Å². The number of halogens is 4. The molecule has 0 atom stereocenters. The van der Waals surface area contributed by atoms with Crippen molar-refractivity contribution < 1.29 is 23.1 Å². The highest BCUT2D eigenvalue weighted by molar-refractivity contribution is 6.35. The van der Waals surface area contributed by atoms with Gasteiger partial charge in [-0.2, -0.15) is 8.78 Å². The quantitative estimate of drug-likeness (QED) is 0.619. The van der Waals surface area contributed by atoms with Crippen molar-refractivity contribution in [2.75, 3.05) is 6.61 Å². The van der Waals surface area contributed by atoms with E-state index in [1.807, 2.05) is 0 Å². The molecule has 1 aromatic carbocycles. The van der Waals surface area contributed by atoms with E-state index in [0.29, 0.717) is 5.02 Å². The first-order valence-electron chi connectivity index (χ1n) is 5.31. The Balaban J connectivity index is 2.87. The number of hydrogen-bond donors (Lipinski definition) is 0. The van der Waals surface area contributed by atoms with Crippen LogP contribution in [-0.4, -0.2) is 24.3 Å². The van der Waals surface area contributed by atoms with Gasteiger partial charge in [0.1, 0.15) is 0 Å². The van der Waals surface area contributed by atoms with Gasteiger partial charge in [0.2, 0.25) is 5.78 Å². The molecule has 3 nitrogen and oxygen atoms in total. The van der Waals surface area contributed by atoms with Gasteiger partial charge >= 0.3 is 11.9 Å². The lowest BCUT2D eigenvalue weighted by molar-refractivity contribution is -0.176. The maximum absolute atomic E-state index is 13.4. The summed E-state index contributed by atoms with van der Waals surface area (Å²) >= 11 is 11.4. The Morgan fingerprint density at radius 3 is 2.47 bits per heavy atom. The molecule has 19 heavy (non-hydrogen) atoms. The zero-order chi connectivity index (χ0) is 14.6. The van der Waals surface area contributed by atoms with E-state index < -0.39 is 24.1 Å². The number of hydrogen-bond acceptors (Lipinski definition) is 3. The lowest BCUT2D eigenvalue weighted by Crippen LogP contribution is -2.40. The van der Waals surface area contributed by atoms with E-state index in [4.69, 9.17) is 23.2 Å². The second kappa shape index (κ2) is 6.30. The standard InChI is InChI=1S/C12H10Cl2F2O3/c1-2-19-11(18)12(15,16)10(17)5-7-3-4-8(13)6-9(7)14/h3-4,6H,2,5H2,1H3. The van der Waals surface area contributed by atoms with Gasteiger partial charge in [0.05, 0.1) is 6.61 Å². The smallest absolute Gasteiger partial charge is 0.400 e. The summed E-state index contributed by atoms with van der Waals surface area (Å²) in [4.78, 5) is 22.4. The maximum atomic E-state index is 13.4. The van der Waals surface area contributed by atoms with Gasteiger partial charge in [-0.05, 0) is 24.6 Å². The van der Waals surface area contributed by atoms with Gasteiger partial charge in [0.15, 0.2) is 0 Å². The van der Waals surface area contributed by atoms with Crippen molar-refractivity contribution in [3.05, 3.63) is 33.8 Å². The fraction of sp³-hybridized carbons (Fsp3) is 0.333. The van der Waals surface area contributed by atoms with Crippen LogP contribution in [0.15, 0.2) is 18.2 Å². The summed E-state index contributed by atoms with van der Waals surface area (Å²) in [6.07, 6.45) is -0.679. The van der Waals surface area contributed by atoms with Crippen molar-refractivity contribution in [1.29, 1.82) is 0 Å². The molecule has 1 aromatic rings. The van der Waals surface area contributed by atoms with E-state index in [1.165, 1.54) is 25.1 Å². The molecule has 0 aliphatic carbocycles. The molecule has 0 saturated heterocycles. The second-order valence-corrected chi connectivity index (χ2v) is 4.47. The molecule has 7 heteroatoms. The van der Waals surface area contributed by atoms with E-state index in [9.17, 15) is 18.4 Å². The van der Waals surface area contributed by atoms with Crippen LogP contribution in [0.1, 0.15) is 12.5 Å². The zero-order valence-corrected chi connectivity index (χ0v) is 11.4. The Morgan fingerprint density at radius 1 is 1.32 bits per heavy atom. The minimum absolute atomic E-state index is 0.0838. The van der Waals surface area contributed by atoms with Crippen LogP contribution in [0.25, 0.3) is 0 Å². The number of esters is 1. The SMILES string of the molecule is CCOC(=O)C(F)(F)C(=O)Cc1ccc(Cl)cc1Cl. The van der Waals surface area contributed by atoms with E-state index in [0.717, 1.165) is 0 Å². The number of rotatable bonds is 5. The van der Waals surface area contributed by atoms with Gasteiger partial charge in [0.25, 0.3) is 0 Å². The van der Waals surface area contributed by atoms with Gasteiger partial charge in [-0.3, -0.25) is 4.79 Å². The van der Waals surface area contributed by atoms with Crippen LogP contribution in [0.5, 0.6) is 0 Å². The van der Waals surface area contributed by atoms with E-state index in [1.54, 1.807) is 0 Å². The molecule has 0 N–H and O–H groups in total. The summed E-state index contributed by atoms with van der Waals surface area (Å²) in [7, 11) is 0. The highest BCUT2D eigenvalue weighted by Crippen LogP contribution is 2.25. The minimum Gasteiger partial charge on any atom is -0.461 e. The van der Waals surface area contributed by atoms with Crippen molar-refractivity contribution >= 4 is 35.0 Å². The topological polar surface area (TPSA) is 43.4 Å². The van der Waals surface area contributed by atoms with Crippen LogP contribution < -0.4 is 0 Å². The second-order valence-electron chi connectivity index (χ2n) is 3.63.